The van der Waals surface area contributed by atoms with Crippen LogP contribution >= 0.6 is 0 Å². The smallest absolute Gasteiger partial charge is 0.138 e. The summed E-state index contributed by atoms with van der Waals surface area (Å²) in [5.41, 5.74) is 3.65. The second kappa shape index (κ2) is 6.96. The van der Waals surface area contributed by atoms with Crippen LogP contribution in [0.2, 0.25) is 0 Å². The normalized spacial score (nSPS) is 20.9. The SMILES string of the molecule is C=C(OC)C(Nc1ccc(C)cc1C)N1CCNC(C)C1. The lowest BCUT2D eigenvalue weighted by Crippen LogP contribution is -2.55. The van der Waals surface area contributed by atoms with Crippen LogP contribution in [-0.2, 0) is 4.74 Å². The maximum Gasteiger partial charge on any atom is 0.138 e. The highest BCUT2D eigenvalue weighted by atomic mass is 16.5. The van der Waals surface area contributed by atoms with Crippen LogP contribution in [0, 0.1) is 13.8 Å². The molecule has 2 unspecified atom stereocenters. The molecule has 1 aromatic rings. The molecule has 0 radical (unpaired) electrons. The van der Waals surface area contributed by atoms with Crippen LogP contribution in [0.15, 0.2) is 30.5 Å². The molecule has 0 bridgehead atoms. The number of anilines is 1. The van der Waals surface area contributed by atoms with Crippen LogP contribution < -0.4 is 10.6 Å². The molecule has 1 aliphatic heterocycles. The highest BCUT2D eigenvalue weighted by Crippen LogP contribution is 2.21. The number of nitrogens with zero attached hydrogens (tertiary/aromatic N) is 1. The van der Waals surface area contributed by atoms with Gasteiger partial charge in [-0.15, -0.1) is 0 Å². The van der Waals surface area contributed by atoms with Gasteiger partial charge in [0.15, 0.2) is 0 Å². The Labute approximate surface area is 128 Å². The summed E-state index contributed by atoms with van der Waals surface area (Å²) < 4.78 is 5.42. The van der Waals surface area contributed by atoms with Gasteiger partial charge in [0.25, 0.3) is 0 Å². The summed E-state index contributed by atoms with van der Waals surface area (Å²) in [7, 11) is 1.69. The van der Waals surface area contributed by atoms with Gasteiger partial charge in [-0.2, -0.15) is 0 Å². The summed E-state index contributed by atoms with van der Waals surface area (Å²) in [6.45, 7) is 13.5. The van der Waals surface area contributed by atoms with Gasteiger partial charge in [0.1, 0.15) is 11.9 Å². The lowest BCUT2D eigenvalue weighted by Gasteiger charge is -2.38. The maximum atomic E-state index is 5.42. The number of nitrogens with one attached hydrogen (secondary N) is 2. The van der Waals surface area contributed by atoms with Crippen molar-refractivity contribution in [1.82, 2.24) is 10.2 Å². The summed E-state index contributed by atoms with van der Waals surface area (Å²) in [4.78, 5) is 2.38. The number of piperazine rings is 1. The number of hydrogen-bond donors (Lipinski definition) is 2. The molecule has 2 N–H and O–H groups in total. The van der Waals surface area contributed by atoms with E-state index in [1.807, 2.05) is 0 Å². The van der Waals surface area contributed by atoms with Gasteiger partial charge in [-0.25, -0.2) is 0 Å². The van der Waals surface area contributed by atoms with E-state index in [0.29, 0.717) is 6.04 Å². The molecule has 0 aromatic heterocycles. The first kappa shape index (κ1) is 15.9. The second-order valence-electron chi connectivity index (χ2n) is 5.89. The fraction of sp³-hybridized carbons (Fsp3) is 0.529. The van der Waals surface area contributed by atoms with Crippen LogP contribution in [0.5, 0.6) is 0 Å². The number of benzene rings is 1. The summed E-state index contributed by atoms with van der Waals surface area (Å²) in [5, 5.41) is 7.06. The lowest BCUT2D eigenvalue weighted by atomic mass is 10.1. The average molecular weight is 289 g/mol. The highest BCUT2D eigenvalue weighted by molar-refractivity contribution is 5.53. The number of ether oxygens (including phenoxy) is 1. The standard InChI is InChI=1S/C17H27N3O/c1-12-6-7-16(13(2)10-12)19-17(15(4)21-5)20-9-8-18-14(3)11-20/h6-7,10,14,17-19H,4,8-9,11H2,1-3,5H3. The van der Waals surface area contributed by atoms with Crippen molar-refractivity contribution in [1.29, 1.82) is 0 Å². The lowest BCUT2D eigenvalue weighted by molar-refractivity contribution is 0.135. The van der Waals surface area contributed by atoms with Gasteiger partial charge in [-0.05, 0) is 32.4 Å². The van der Waals surface area contributed by atoms with Crippen LogP contribution in [0.1, 0.15) is 18.1 Å². The molecule has 1 aromatic carbocycles. The van der Waals surface area contributed by atoms with E-state index in [-0.39, 0.29) is 6.17 Å². The molecule has 0 spiro atoms. The van der Waals surface area contributed by atoms with Crippen molar-refractivity contribution in [3.63, 3.8) is 0 Å². The van der Waals surface area contributed by atoms with Gasteiger partial charge in [0.2, 0.25) is 0 Å². The quantitative estimate of drug-likeness (QED) is 0.817. The summed E-state index contributed by atoms with van der Waals surface area (Å²) in [6.07, 6.45) is 0.000885. The molecule has 116 valence electrons. The molecule has 0 aliphatic carbocycles. The van der Waals surface area contributed by atoms with Crippen molar-refractivity contribution in [3.8, 4) is 0 Å². The van der Waals surface area contributed by atoms with E-state index >= 15 is 0 Å². The predicted octanol–water partition coefficient (Wildman–Crippen LogP) is 2.50. The molecule has 1 aliphatic rings. The minimum atomic E-state index is 0.000885. The second-order valence-corrected chi connectivity index (χ2v) is 5.89. The minimum Gasteiger partial charge on any atom is -0.498 e. The first-order valence-corrected chi connectivity index (χ1v) is 7.55. The van der Waals surface area contributed by atoms with E-state index in [2.05, 4.69) is 61.1 Å². The zero-order valence-corrected chi connectivity index (χ0v) is 13.6. The van der Waals surface area contributed by atoms with Crippen LogP contribution in [0.3, 0.4) is 0 Å². The molecule has 2 rings (SSSR count). The maximum absolute atomic E-state index is 5.42. The molecule has 4 nitrogen and oxygen atoms in total. The monoisotopic (exact) mass is 289 g/mol. The first-order valence-electron chi connectivity index (χ1n) is 7.55. The number of aryl methyl sites for hydroxylation is 2. The predicted molar refractivity (Wildman–Crippen MR) is 88.5 cm³/mol. The summed E-state index contributed by atoms with van der Waals surface area (Å²) in [5.74, 6) is 0.754. The van der Waals surface area contributed by atoms with Gasteiger partial charge in [0, 0.05) is 31.4 Å². The van der Waals surface area contributed by atoms with Crippen LogP contribution in [0.4, 0.5) is 5.69 Å². The Kier molecular flexibility index (Phi) is 5.26. The Balaban J connectivity index is 2.18. The van der Waals surface area contributed by atoms with Gasteiger partial charge >= 0.3 is 0 Å². The number of methoxy groups -OCH3 is 1. The van der Waals surface area contributed by atoms with E-state index in [9.17, 15) is 0 Å². The van der Waals surface area contributed by atoms with Gasteiger partial charge in [0.05, 0.1) is 7.11 Å². The Hall–Kier alpha value is -1.52. The molecule has 2 atom stereocenters. The zero-order valence-electron chi connectivity index (χ0n) is 13.6. The fourth-order valence-electron chi connectivity index (χ4n) is 2.81. The molecular weight excluding hydrogens is 262 g/mol. The third-order valence-electron chi connectivity index (χ3n) is 4.01. The summed E-state index contributed by atoms with van der Waals surface area (Å²) >= 11 is 0. The Morgan fingerprint density at radius 1 is 1.48 bits per heavy atom. The molecule has 1 fully saturated rings. The van der Waals surface area contributed by atoms with Crippen molar-refractivity contribution >= 4 is 5.69 Å². The number of hydrogen-bond acceptors (Lipinski definition) is 4. The van der Waals surface area contributed by atoms with Crippen molar-refractivity contribution in [2.24, 2.45) is 0 Å². The Morgan fingerprint density at radius 2 is 2.24 bits per heavy atom. The molecule has 0 amide bonds. The summed E-state index contributed by atoms with van der Waals surface area (Å²) in [6, 6.07) is 6.93. The van der Waals surface area contributed by atoms with Crippen molar-refractivity contribution in [2.75, 3.05) is 32.1 Å². The topological polar surface area (TPSA) is 36.5 Å². The Bertz CT molecular complexity index is 501. The van der Waals surface area contributed by atoms with Crippen LogP contribution in [0.25, 0.3) is 0 Å². The van der Waals surface area contributed by atoms with Gasteiger partial charge < -0.3 is 15.4 Å². The molecular formula is C17H27N3O. The highest BCUT2D eigenvalue weighted by Gasteiger charge is 2.26. The third kappa shape index (κ3) is 3.99. The van der Waals surface area contributed by atoms with E-state index in [4.69, 9.17) is 4.74 Å². The van der Waals surface area contributed by atoms with Gasteiger partial charge in [-0.3, -0.25) is 4.90 Å². The minimum absolute atomic E-state index is 0.000885. The van der Waals surface area contributed by atoms with Crippen molar-refractivity contribution < 1.29 is 4.74 Å². The van der Waals surface area contributed by atoms with Gasteiger partial charge in [-0.1, -0.05) is 24.3 Å². The van der Waals surface area contributed by atoms with Crippen LogP contribution in [-0.4, -0.2) is 43.9 Å². The fourth-order valence-corrected chi connectivity index (χ4v) is 2.81. The van der Waals surface area contributed by atoms with Crippen molar-refractivity contribution in [2.45, 2.75) is 33.0 Å². The van der Waals surface area contributed by atoms with E-state index in [0.717, 1.165) is 31.1 Å². The zero-order chi connectivity index (χ0) is 15.4. The third-order valence-corrected chi connectivity index (χ3v) is 4.01. The average Bonchev–Trinajstić information content (AvgIpc) is 2.45. The number of rotatable bonds is 5. The first-order chi connectivity index (χ1) is 10.0. The molecule has 1 heterocycles. The molecule has 1 saturated heterocycles. The van der Waals surface area contributed by atoms with E-state index < -0.39 is 0 Å². The largest absolute Gasteiger partial charge is 0.498 e. The molecule has 4 heteroatoms. The van der Waals surface area contributed by atoms with E-state index in [1.54, 1.807) is 7.11 Å². The molecule has 21 heavy (non-hydrogen) atoms. The molecule has 0 saturated carbocycles. The Morgan fingerprint density at radius 3 is 2.86 bits per heavy atom. The van der Waals surface area contributed by atoms with Crippen molar-refractivity contribution in [3.05, 3.63) is 41.7 Å². The van der Waals surface area contributed by atoms with E-state index in [1.165, 1.54) is 11.1 Å².